The van der Waals surface area contributed by atoms with Gasteiger partial charge in [-0.3, -0.25) is 4.98 Å². The number of pyridine rings is 1. The van der Waals surface area contributed by atoms with E-state index in [0.717, 1.165) is 16.9 Å². The number of nitrogens with zero attached hydrogens (tertiary/aromatic N) is 4. The number of rotatable bonds is 4. The topological polar surface area (TPSA) is 72.5 Å². The number of hydrogen-bond donors (Lipinski definition) is 1. The molecule has 3 heterocycles. The molecule has 0 aliphatic heterocycles. The Bertz CT molecular complexity index is 1030. The molecule has 0 aliphatic rings. The molecule has 0 aliphatic carbocycles. The maximum absolute atomic E-state index is 9.39. The van der Waals surface area contributed by atoms with Gasteiger partial charge in [0.2, 0.25) is 5.88 Å². The van der Waals surface area contributed by atoms with Crippen molar-refractivity contribution in [1.82, 2.24) is 19.6 Å². The van der Waals surface area contributed by atoms with Crippen LogP contribution in [0.2, 0.25) is 5.02 Å². The van der Waals surface area contributed by atoms with Crippen LogP contribution in [0.4, 0.5) is 0 Å². The van der Waals surface area contributed by atoms with Gasteiger partial charge in [-0.25, -0.2) is 9.50 Å². The quantitative estimate of drug-likeness (QED) is 0.603. The van der Waals surface area contributed by atoms with E-state index in [1.807, 2.05) is 18.2 Å². The molecule has 0 atom stereocenters. The number of hydrogen-bond acceptors (Lipinski definition) is 5. The fourth-order valence-electron chi connectivity index (χ4n) is 2.47. The SMILES string of the molecule is Oc1ccc(Cc2cnc3ccc(Oc4cncc(Cl)c4)nn23)cc1. The molecule has 0 radical (unpaired) electrons. The van der Waals surface area contributed by atoms with Gasteiger partial charge in [-0.2, -0.15) is 0 Å². The van der Waals surface area contributed by atoms with Crippen molar-refractivity contribution in [2.45, 2.75) is 6.42 Å². The Kier molecular flexibility index (Phi) is 3.95. The van der Waals surface area contributed by atoms with Crippen molar-refractivity contribution in [1.29, 1.82) is 0 Å². The number of imidazole rings is 1. The highest BCUT2D eigenvalue weighted by Crippen LogP contribution is 2.22. The number of aromatic hydroxyl groups is 1. The Balaban J connectivity index is 1.64. The second-order valence-electron chi connectivity index (χ2n) is 5.48. The monoisotopic (exact) mass is 352 g/mol. The number of phenols is 1. The number of halogens is 1. The van der Waals surface area contributed by atoms with E-state index in [9.17, 15) is 5.11 Å². The molecule has 124 valence electrons. The van der Waals surface area contributed by atoms with E-state index >= 15 is 0 Å². The molecule has 4 aromatic rings. The van der Waals surface area contributed by atoms with Gasteiger partial charge in [0.25, 0.3) is 0 Å². The van der Waals surface area contributed by atoms with Crippen molar-refractivity contribution < 1.29 is 9.84 Å². The van der Waals surface area contributed by atoms with Crippen LogP contribution in [0.5, 0.6) is 17.4 Å². The van der Waals surface area contributed by atoms with Crippen LogP contribution in [-0.2, 0) is 6.42 Å². The summed E-state index contributed by atoms with van der Waals surface area (Å²) in [6.07, 6.45) is 5.52. The Hall–Kier alpha value is -3.12. The zero-order chi connectivity index (χ0) is 17.2. The zero-order valence-corrected chi connectivity index (χ0v) is 13.8. The zero-order valence-electron chi connectivity index (χ0n) is 13.0. The van der Waals surface area contributed by atoms with Crippen molar-refractivity contribution >= 4 is 17.2 Å². The summed E-state index contributed by atoms with van der Waals surface area (Å²) in [5, 5.41) is 14.4. The first kappa shape index (κ1) is 15.4. The number of fused-ring (bicyclic) bond motifs is 1. The fraction of sp³-hybridized carbons (Fsp3) is 0.0556. The van der Waals surface area contributed by atoms with Crippen molar-refractivity contribution in [2.75, 3.05) is 0 Å². The maximum atomic E-state index is 9.39. The minimum Gasteiger partial charge on any atom is -0.508 e. The Labute approximate surface area is 148 Å². The summed E-state index contributed by atoms with van der Waals surface area (Å²) in [6, 6.07) is 12.3. The molecule has 0 amide bonds. The minimum absolute atomic E-state index is 0.242. The second kappa shape index (κ2) is 6.41. The first-order valence-electron chi connectivity index (χ1n) is 7.57. The molecule has 0 saturated carbocycles. The lowest BCUT2D eigenvalue weighted by atomic mass is 10.1. The third kappa shape index (κ3) is 3.39. The van der Waals surface area contributed by atoms with Crippen molar-refractivity contribution in [3.63, 3.8) is 0 Å². The molecule has 25 heavy (non-hydrogen) atoms. The normalized spacial score (nSPS) is 10.9. The van der Waals surface area contributed by atoms with Crippen LogP contribution in [0.1, 0.15) is 11.3 Å². The average molecular weight is 353 g/mol. The fourth-order valence-corrected chi connectivity index (χ4v) is 2.63. The minimum atomic E-state index is 0.242. The number of aromatic nitrogens is 4. The van der Waals surface area contributed by atoms with Crippen molar-refractivity contribution in [2.24, 2.45) is 0 Å². The molecule has 0 spiro atoms. The lowest BCUT2D eigenvalue weighted by Gasteiger charge is -2.06. The van der Waals surface area contributed by atoms with Crippen molar-refractivity contribution in [3.05, 3.63) is 77.3 Å². The summed E-state index contributed by atoms with van der Waals surface area (Å²) in [4.78, 5) is 8.35. The lowest BCUT2D eigenvalue weighted by molar-refractivity contribution is 0.449. The molecule has 6 nitrogen and oxygen atoms in total. The van der Waals surface area contributed by atoms with Crippen LogP contribution in [0.25, 0.3) is 5.65 Å². The third-order valence-corrected chi connectivity index (χ3v) is 3.84. The molecule has 0 saturated heterocycles. The summed E-state index contributed by atoms with van der Waals surface area (Å²) < 4.78 is 7.45. The molecule has 1 aromatic carbocycles. The second-order valence-corrected chi connectivity index (χ2v) is 5.91. The molecular weight excluding hydrogens is 340 g/mol. The standard InChI is InChI=1S/C18H13ClN4O2/c19-13-8-16(11-20-9-13)25-18-6-5-17-21-10-14(23(17)22-18)7-12-1-3-15(24)4-2-12/h1-6,8-11,24H,7H2. The first-order valence-corrected chi connectivity index (χ1v) is 7.95. The molecular formula is C18H13ClN4O2. The molecule has 0 fully saturated rings. The van der Waals surface area contributed by atoms with Gasteiger partial charge >= 0.3 is 0 Å². The van der Waals surface area contributed by atoms with E-state index in [4.69, 9.17) is 16.3 Å². The highest BCUT2D eigenvalue weighted by Gasteiger charge is 2.08. The smallest absolute Gasteiger partial charge is 0.237 e. The molecule has 4 rings (SSSR count). The van der Waals surface area contributed by atoms with Crippen LogP contribution in [0, 0.1) is 0 Å². The summed E-state index contributed by atoms with van der Waals surface area (Å²) in [7, 11) is 0. The van der Waals surface area contributed by atoms with Gasteiger partial charge in [0.1, 0.15) is 11.5 Å². The predicted molar refractivity (Wildman–Crippen MR) is 93.2 cm³/mol. The summed E-state index contributed by atoms with van der Waals surface area (Å²) in [6.45, 7) is 0. The molecule has 1 N–H and O–H groups in total. The van der Waals surface area contributed by atoms with Gasteiger partial charge in [0.15, 0.2) is 5.65 Å². The van der Waals surface area contributed by atoms with E-state index in [1.165, 1.54) is 6.20 Å². The lowest BCUT2D eigenvalue weighted by Crippen LogP contribution is -2.00. The van der Waals surface area contributed by atoms with Gasteiger partial charge < -0.3 is 9.84 Å². The van der Waals surface area contributed by atoms with Gasteiger partial charge in [-0.1, -0.05) is 23.7 Å². The van der Waals surface area contributed by atoms with Gasteiger partial charge in [-0.05, 0) is 23.8 Å². The molecule has 0 unspecified atom stereocenters. The number of phenolic OH excluding ortho intramolecular Hbond substituents is 1. The molecule has 3 aromatic heterocycles. The highest BCUT2D eigenvalue weighted by molar-refractivity contribution is 6.30. The highest BCUT2D eigenvalue weighted by atomic mass is 35.5. The third-order valence-electron chi connectivity index (χ3n) is 3.63. The summed E-state index contributed by atoms with van der Waals surface area (Å²) in [5.74, 6) is 1.17. The van der Waals surface area contributed by atoms with E-state index in [2.05, 4.69) is 15.1 Å². The van der Waals surface area contributed by atoms with E-state index in [0.29, 0.717) is 23.1 Å². The number of benzene rings is 1. The Morgan fingerprint density at radius 2 is 1.88 bits per heavy atom. The predicted octanol–water partition coefficient (Wildman–Crippen LogP) is 3.87. The van der Waals surface area contributed by atoms with Crippen LogP contribution in [0.15, 0.2) is 61.1 Å². The Morgan fingerprint density at radius 3 is 2.68 bits per heavy atom. The number of ether oxygens (including phenoxy) is 1. The van der Waals surface area contributed by atoms with E-state index in [-0.39, 0.29) is 5.75 Å². The van der Waals surface area contributed by atoms with E-state index in [1.54, 1.807) is 41.2 Å². The first-order chi connectivity index (χ1) is 12.2. The van der Waals surface area contributed by atoms with Gasteiger partial charge in [-0.15, -0.1) is 5.10 Å². The molecule has 7 heteroatoms. The largest absolute Gasteiger partial charge is 0.508 e. The van der Waals surface area contributed by atoms with Gasteiger partial charge in [0, 0.05) is 24.8 Å². The Morgan fingerprint density at radius 1 is 1.04 bits per heavy atom. The van der Waals surface area contributed by atoms with Crippen molar-refractivity contribution in [3.8, 4) is 17.4 Å². The van der Waals surface area contributed by atoms with Crippen LogP contribution < -0.4 is 4.74 Å². The molecule has 0 bridgehead atoms. The van der Waals surface area contributed by atoms with E-state index < -0.39 is 0 Å². The summed E-state index contributed by atoms with van der Waals surface area (Å²) in [5.41, 5.74) is 2.69. The average Bonchev–Trinajstić information content (AvgIpc) is 2.99. The maximum Gasteiger partial charge on any atom is 0.237 e. The summed E-state index contributed by atoms with van der Waals surface area (Å²) >= 11 is 5.92. The van der Waals surface area contributed by atoms with Gasteiger partial charge in [0.05, 0.1) is 23.1 Å². The van der Waals surface area contributed by atoms with Crippen LogP contribution >= 0.6 is 11.6 Å². The van der Waals surface area contributed by atoms with Crippen LogP contribution in [-0.4, -0.2) is 24.7 Å². The van der Waals surface area contributed by atoms with Crippen LogP contribution in [0.3, 0.4) is 0 Å².